The van der Waals surface area contributed by atoms with E-state index in [1.165, 1.54) is 0 Å². The van der Waals surface area contributed by atoms with Crippen molar-refractivity contribution in [1.29, 1.82) is 0 Å². The number of unbranched alkanes of at least 4 members (excludes halogenated alkanes) is 1. The van der Waals surface area contributed by atoms with Crippen LogP contribution in [0, 0.1) is 0 Å². The maximum atomic E-state index is 12.1. The lowest BCUT2D eigenvalue weighted by Gasteiger charge is -2.27. The summed E-state index contributed by atoms with van der Waals surface area (Å²) < 4.78 is 25.8. The number of fused-ring (bicyclic) bond motifs is 1. The van der Waals surface area contributed by atoms with Gasteiger partial charge in [0.05, 0.1) is 5.75 Å². The van der Waals surface area contributed by atoms with Crippen molar-refractivity contribution in [2.45, 2.75) is 25.8 Å². The van der Waals surface area contributed by atoms with Crippen LogP contribution in [0.4, 0.5) is 0 Å². The Kier molecular flexibility index (Phi) is 4.59. The third-order valence-corrected chi connectivity index (χ3v) is 5.28. The monoisotopic (exact) mass is 288 g/mol. The zero-order chi connectivity index (χ0) is 13.0. The zero-order valence-corrected chi connectivity index (χ0v) is 11.8. The van der Waals surface area contributed by atoms with E-state index >= 15 is 0 Å². The van der Waals surface area contributed by atoms with Crippen LogP contribution in [0.15, 0.2) is 18.3 Å². The SMILES string of the molecule is O=S(=O)(CCCCCl)N1CCc2ncccc2C1. The summed E-state index contributed by atoms with van der Waals surface area (Å²) in [5.41, 5.74) is 2.04. The second-order valence-electron chi connectivity index (χ2n) is 4.40. The van der Waals surface area contributed by atoms with Gasteiger partial charge in [-0.05, 0) is 24.5 Å². The first kappa shape index (κ1) is 13.8. The average molecular weight is 289 g/mol. The maximum absolute atomic E-state index is 12.1. The molecule has 0 unspecified atom stereocenters. The number of pyridine rings is 1. The van der Waals surface area contributed by atoms with Crippen molar-refractivity contribution in [3.63, 3.8) is 0 Å². The molecule has 2 rings (SSSR count). The van der Waals surface area contributed by atoms with Crippen molar-refractivity contribution in [2.24, 2.45) is 0 Å². The van der Waals surface area contributed by atoms with Gasteiger partial charge in [0.2, 0.25) is 10.0 Å². The van der Waals surface area contributed by atoms with Crippen LogP contribution in [0.25, 0.3) is 0 Å². The molecule has 0 bridgehead atoms. The molecule has 1 aliphatic heterocycles. The minimum atomic E-state index is -3.15. The van der Waals surface area contributed by atoms with E-state index in [1.54, 1.807) is 10.5 Å². The highest BCUT2D eigenvalue weighted by Crippen LogP contribution is 2.19. The summed E-state index contributed by atoms with van der Waals surface area (Å²) >= 11 is 5.57. The Bertz CT molecular complexity index is 505. The molecular weight excluding hydrogens is 272 g/mol. The van der Waals surface area contributed by atoms with Crippen LogP contribution in [0.1, 0.15) is 24.1 Å². The summed E-state index contributed by atoms with van der Waals surface area (Å²) in [4.78, 5) is 4.27. The van der Waals surface area contributed by atoms with E-state index in [0.717, 1.165) is 17.7 Å². The van der Waals surface area contributed by atoms with Crippen molar-refractivity contribution in [3.8, 4) is 0 Å². The van der Waals surface area contributed by atoms with Gasteiger partial charge in [-0.25, -0.2) is 8.42 Å². The van der Waals surface area contributed by atoms with Crippen LogP contribution >= 0.6 is 11.6 Å². The largest absolute Gasteiger partial charge is 0.261 e. The predicted molar refractivity (Wildman–Crippen MR) is 72.1 cm³/mol. The highest BCUT2D eigenvalue weighted by Gasteiger charge is 2.26. The Morgan fingerprint density at radius 3 is 3.00 bits per heavy atom. The Labute approximate surface area is 113 Å². The molecule has 0 N–H and O–H groups in total. The fourth-order valence-electron chi connectivity index (χ4n) is 2.09. The molecule has 18 heavy (non-hydrogen) atoms. The molecule has 2 heterocycles. The van der Waals surface area contributed by atoms with Crippen molar-refractivity contribution >= 4 is 21.6 Å². The first-order valence-electron chi connectivity index (χ1n) is 6.10. The minimum Gasteiger partial charge on any atom is -0.261 e. The van der Waals surface area contributed by atoms with Crippen LogP contribution in [-0.4, -0.2) is 35.9 Å². The quantitative estimate of drug-likeness (QED) is 0.613. The molecule has 1 aromatic heterocycles. The fourth-order valence-corrected chi connectivity index (χ4v) is 3.81. The van der Waals surface area contributed by atoms with Crippen molar-refractivity contribution in [2.75, 3.05) is 18.2 Å². The molecule has 4 nitrogen and oxygen atoms in total. The van der Waals surface area contributed by atoms with Crippen molar-refractivity contribution in [1.82, 2.24) is 9.29 Å². The highest BCUT2D eigenvalue weighted by molar-refractivity contribution is 7.89. The Morgan fingerprint density at radius 1 is 1.39 bits per heavy atom. The van der Waals surface area contributed by atoms with E-state index in [-0.39, 0.29) is 5.75 Å². The second-order valence-corrected chi connectivity index (χ2v) is 6.87. The van der Waals surface area contributed by atoms with E-state index < -0.39 is 10.0 Å². The van der Waals surface area contributed by atoms with E-state index in [1.807, 2.05) is 12.1 Å². The highest BCUT2D eigenvalue weighted by atomic mass is 35.5. The zero-order valence-electron chi connectivity index (χ0n) is 10.2. The van der Waals surface area contributed by atoms with Gasteiger partial charge in [0.15, 0.2) is 0 Å². The van der Waals surface area contributed by atoms with Gasteiger partial charge in [0.25, 0.3) is 0 Å². The number of sulfonamides is 1. The molecule has 0 aliphatic carbocycles. The summed E-state index contributed by atoms with van der Waals surface area (Å²) in [6, 6.07) is 3.80. The summed E-state index contributed by atoms with van der Waals surface area (Å²) in [5, 5.41) is 0. The van der Waals surface area contributed by atoms with E-state index in [0.29, 0.717) is 31.8 Å². The predicted octanol–water partition coefficient (Wildman–Crippen LogP) is 1.79. The van der Waals surface area contributed by atoms with Gasteiger partial charge < -0.3 is 0 Å². The summed E-state index contributed by atoms with van der Waals surface area (Å²) in [6.45, 7) is 0.986. The van der Waals surface area contributed by atoms with Crippen LogP contribution in [0.3, 0.4) is 0 Å². The van der Waals surface area contributed by atoms with E-state index in [4.69, 9.17) is 11.6 Å². The number of aromatic nitrogens is 1. The number of nitrogens with zero attached hydrogens (tertiary/aromatic N) is 2. The molecule has 0 amide bonds. The first-order chi connectivity index (χ1) is 8.63. The van der Waals surface area contributed by atoms with Gasteiger partial charge in [0.1, 0.15) is 0 Å². The van der Waals surface area contributed by atoms with E-state index in [2.05, 4.69) is 4.98 Å². The van der Waals surface area contributed by atoms with E-state index in [9.17, 15) is 8.42 Å². The number of hydrogen-bond acceptors (Lipinski definition) is 3. The van der Waals surface area contributed by atoms with Gasteiger partial charge >= 0.3 is 0 Å². The normalized spacial score (nSPS) is 16.5. The number of rotatable bonds is 5. The molecule has 0 fully saturated rings. The molecular formula is C12H17ClN2O2S. The second kappa shape index (κ2) is 5.99. The summed E-state index contributed by atoms with van der Waals surface area (Å²) in [7, 11) is -3.15. The van der Waals surface area contributed by atoms with Crippen LogP contribution in [0.5, 0.6) is 0 Å². The fraction of sp³-hybridized carbons (Fsp3) is 0.583. The Balaban J connectivity index is 2.04. The molecule has 1 aromatic rings. The van der Waals surface area contributed by atoms with Crippen LogP contribution < -0.4 is 0 Å². The number of alkyl halides is 1. The molecule has 0 saturated carbocycles. The molecule has 0 radical (unpaired) electrons. The lowest BCUT2D eigenvalue weighted by atomic mass is 10.1. The summed E-state index contributed by atoms with van der Waals surface area (Å²) in [6.07, 6.45) is 3.82. The van der Waals surface area contributed by atoms with Gasteiger partial charge in [-0.3, -0.25) is 4.98 Å². The lowest BCUT2D eigenvalue weighted by Crippen LogP contribution is -2.37. The number of hydrogen-bond donors (Lipinski definition) is 0. The van der Waals surface area contributed by atoms with Gasteiger partial charge in [0, 0.05) is 37.3 Å². The van der Waals surface area contributed by atoms with Crippen molar-refractivity contribution < 1.29 is 8.42 Å². The average Bonchev–Trinajstić information content (AvgIpc) is 2.38. The van der Waals surface area contributed by atoms with Gasteiger partial charge in [-0.2, -0.15) is 4.31 Å². The number of halogens is 1. The molecule has 0 aromatic carbocycles. The van der Waals surface area contributed by atoms with Crippen LogP contribution in [-0.2, 0) is 23.0 Å². The minimum absolute atomic E-state index is 0.190. The van der Waals surface area contributed by atoms with Gasteiger partial charge in [-0.1, -0.05) is 6.07 Å². The molecule has 100 valence electrons. The topological polar surface area (TPSA) is 50.3 Å². The Hall–Kier alpha value is -0.650. The lowest BCUT2D eigenvalue weighted by molar-refractivity contribution is 0.387. The Morgan fingerprint density at radius 2 is 2.22 bits per heavy atom. The molecule has 1 aliphatic rings. The molecule has 0 spiro atoms. The first-order valence-corrected chi connectivity index (χ1v) is 8.24. The third-order valence-electron chi connectivity index (χ3n) is 3.11. The molecule has 0 atom stereocenters. The standard InChI is InChI=1S/C12H17ClN2O2S/c13-6-1-2-9-18(16,17)15-8-5-12-11(10-15)4-3-7-14-12/h3-4,7H,1-2,5-6,8-10H2. The third kappa shape index (κ3) is 3.22. The van der Waals surface area contributed by atoms with Gasteiger partial charge in [-0.15, -0.1) is 11.6 Å². The maximum Gasteiger partial charge on any atom is 0.214 e. The molecule has 6 heteroatoms. The molecule has 0 saturated heterocycles. The smallest absolute Gasteiger partial charge is 0.214 e. The van der Waals surface area contributed by atoms with Crippen molar-refractivity contribution in [3.05, 3.63) is 29.6 Å². The van der Waals surface area contributed by atoms with Crippen LogP contribution in [0.2, 0.25) is 0 Å². The summed E-state index contributed by atoms with van der Waals surface area (Å²) in [5.74, 6) is 0.706.